The van der Waals surface area contributed by atoms with E-state index in [4.69, 9.17) is 6.42 Å². The molecular weight excluding hydrogens is 650 g/mol. The van der Waals surface area contributed by atoms with Crippen molar-refractivity contribution in [3.8, 4) is 12.3 Å². The van der Waals surface area contributed by atoms with Crippen molar-refractivity contribution < 1.29 is 32.4 Å². The standard InChI is InChI=1S/C34H57N7O7S/c1-12-14-18-24(27(42)30(44)35-19-13-2)36-29(43)26-23-17-15-16-22(23)20-41(26)31(45)28(34(6,7)8)38-32(46)37-25(33(3,4)5)21-40(11)49(47,48)39(9)10/h1,13,22-26,28H,2,14-21H2,3-11H3,(H,35,44)(H,36,43)(H2,37,38,46)/t22-,23-,24?,25+,26-,28+/m0/s1. The molecular formula is C34H57N7O7S. The number of hydrogen-bond acceptors (Lipinski definition) is 7. The summed E-state index contributed by atoms with van der Waals surface area (Å²) in [4.78, 5) is 69.0. The van der Waals surface area contributed by atoms with Crippen LogP contribution in [-0.2, 0) is 29.4 Å². The summed E-state index contributed by atoms with van der Waals surface area (Å²) >= 11 is 0. The molecule has 2 aliphatic rings. The van der Waals surface area contributed by atoms with Gasteiger partial charge in [0.05, 0.1) is 6.04 Å². The maximum Gasteiger partial charge on any atom is 0.315 e. The first-order valence-electron chi connectivity index (χ1n) is 16.8. The summed E-state index contributed by atoms with van der Waals surface area (Å²) in [5.41, 5.74) is -1.34. The van der Waals surface area contributed by atoms with Gasteiger partial charge in [-0.3, -0.25) is 19.2 Å². The molecule has 49 heavy (non-hydrogen) atoms. The van der Waals surface area contributed by atoms with Gasteiger partial charge in [-0.2, -0.15) is 17.0 Å². The smallest absolute Gasteiger partial charge is 0.315 e. The second kappa shape index (κ2) is 17.0. The largest absolute Gasteiger partial charge is 0.346 e. The molecule has 1 aliphatic heterocycles. The Bertz CT molecular complexity index is 1390. The van der Waals surface area contributed by atoms with Crippen molar-refractivity contribution in [1.82, 2.24) is 34.8 Å². The number of fused-ring (bicyclic) bond motifs is 1. The van der Waals surface area contributed by atoms with Crippen LogP contribution in [0, 0.1) is 35.0 Å². The average Bonchev–Trinajstić information content (AvgIpc) is 3.60. The molecule has 0 aromatic heterocycles. The second-order valence-electron chi connectivity index (χ2n) is 15.4. The number of nitrogens with one attached hydrogen (secondary N) is 4. The summed E-state index contributed by atoms with van der Waals surface area (Å²) in [5, 5.41) is 10.9. The van der Waals surface area contributed by atoms with E-state index >= 15 is 0 Å². The van der Waals surface area contributed by atoms with Crippen LogP contribution in [0.3, 0.4) is 0 Å². The highest BCUT2D eigenvalue weighted by Crippen LogP contribution is 2.43. The molecule has 1 saturated carbocycles. The maximum atomic E-state index is 14.4. The van der Waals surface area contributed by atoms with E-state index in [1.54, 1.807) is 20.8 Å². The van der Waals surface area contributed by atoms with E-state index < -0.39 is 74.7 Å². The summed E-state index contributed by atoms with van der Waals surface area (Å²) in [6, 6.07) is -4.45. The van der Waals surface area contributed by atoms with Crippen LogP contribution in [0.2, 0.25) is 0 Å². The van der Waals surface area contributed by atoms with Crippen LogP contribution in [0.25, 0.3) is 0 Å². The van der Waals surface area contributed by atoms with E-state index in [1.807, 2.05) is 20.8 Å². The minimum atomic E-state index is -3.75. The number of terminal acetylenes is 1. The Morgan fingerprint density at radius 2 is 1.63 bits per heavy atom. The molecule has 0 spiro atoms. The van der Waals surface area contributed by atoms with E-state index in [1.165, 1.54) is 32.1 Å². The van der Waals surface area contributed by atoms with Gasteiger partial charge in [-0.05, 0) is 41.9 Å². The number of likely N-dealkylation sites (tertiary alicyclic amines) is 1. The first-order valence-corrected chi connectivity index (χ1v) is 18.2. The molecule has 0 aromatic rings. The zero-order chi connectivity index (χ0) is 37.5. The third-order valence-corrected chi connectivity index (χ3v) is 11.2. The molecule has 276 valence electrons. The SMILES string of the molecule is C#CCCC(NC(=O)[C@@H]1[C@H]2CCC[C@H]2CN1C(=O)[C@@H](NC(=O)N[C@H](CN(C)S(=O)(=O)N(C)C)C(C)(C)C)C(C)(C)C)C(=O)C(=O)NCC=C. The van der Waals surface area contributed by atoms with Crippen molar-refractivity contribution in [1.29, 1.82) is 0 Å². The highest BCUT2D eigenvalue weighted by atomic mass is 32.2. The van der Waals surface area contributed by atoms with Gasteiger partial charge in [-0.25, -0.2) is 4.79 Å². The first kappa shape index (κ1) is 41.7. The van der Waals surface area contributed by atoms with Crippen LogP contribution < -0.4 is 21.3 Å². The van der Waals surface area contributed by atoms with Crippen LogP contribution in [0.4, 0.5) is 4.79 Å². The van der Waals surface area contributed by atoms with E-state index in [0.717, 1.165) is 21.5 Å². The highest BCUT2D eigenvalue weighted by Gasteiger charge is 2.52. The number of carbonyl (C=O) groups excluding carboxylic acids is 5. The summed E-state index contributed by atoms with van der Waals surface area (Å²) in [6.07, 6.45) is 9.47. The van der Waals surface area contributed by atoms with E-state index in [9.17, 15) is 32.4 Å². The van der Waals surface area contributed by atoms with Gasteiger partial charge in [0, 0.05) is 53.2 Å². The normalized spacial score (nSPS) is 21.3. The van der Waals surface area contributed by atoms with E-state index in [-0.39, 0.29) is 37.8 Å². The van der Waals surface area contributed by atoms with Gasteiger partial charge >= 0.3 is 6.03 Å². The summed E-state index contributed by atoms with van der Waals surface area (Å²) in [6.45, 7) is 14.9. The molecule has 0 radical (unpaired) electrons. The number of carbonyl (C=O) groups is 5. The Labute approximate surface area is 292 Å². The highest BCUT2D eigenvalue weighted by molar-refractivity contribution is 7.86. The summed E-state index contributed by atoms with van der Waals surface area (Å²) in [5.74, 6) is -0.373. The van der Waals surface area contributed by atoms with Crippen LogP contribution >= 0.6 is 0 Å². The van der Waals surface area contributed by atoms with E-state index in [0.29, 0.717) is 13.0 Å². The zero-order valence-corrected chi connectivity index (χ0v) is 31.4. The minimum Gasteiger partial charge on any atom is -0.346 e. The number of rotatable bonds is 15. The van der Waals surface area contributed by atoms with Gasteiger partial charge in [0.25, 0.3) is 16.1 Å². The first-order chi connectivity index (χ1) is 22.6. The van der Waals surface area contributed by atoms with E-state index in [2.05, 4.69) is 33.8 Å². The zero-order valence-electron chi connectivity index (χ0n) is 30.6. The Morgan fingerprint density at radius 3 is 2.16 bits per heavy atom. The van der Waals surface area contributed by atoms with Crippen molar-refractivity contribution in [3.63, 3.8) is 0 Å². The number of nitrogens with zero attached hydrogens (tertiary/aromatic N) is 3. The fourth-order valence-corrected chi connectivity index (χ4v) is 7.24. The number of amides is 5. The van der Waals surface area contributed by atoms with Crippen molar-refractivity contribution in [3.05, 3.63) is 12.7 Å². The van der Waals surface area contributed by atoms with Crippen LogP contribution in [-0.4, -0.2) is 116 Å². The van der Waals surface area contributed by atoms with Crippen molar-refractivity contribution in [2.24, 2.45) is 22.7 Å². The second-order valence-corrected chi connectivity index (χ2v) is 17.6. The molecule has 2 rings (SSSR count). The minimum absolute atomic E-state index is 0.0194. The lowest BCUT2D eigenvalue weighted by Gasteiger charge is -2.38. The Balaban J connectivity index is 2.36. The predicted octanol–water partition coefficient (Wildman–Crippen LogP) is 1.25. The van der Waals surface area contributed by atoms with Gasteiger partial charge < -0.3 is 26.2 Å². The topological polar surface area (TPSA) is 177 Å². The number of ketones is 1. The van der Waals surface area contributed by atoms with Gasteiger partial charge in [-0.15, -0.1) is 18.9 Å². The molecule has 0 bridgehead atoms. The molecule has 1 heterocycles. The van der Waals surface area contributed by atoms with Gasteiger partial charge in [0.1, 0.15) is 12.1 Å². The fourth-order valence-electron chi connectivity index (χ4n) is 6.34. The van der Waals surface area contributed by atoms with Crippen LogP contribution in [0.5, 0.6) is 0 Å². The molecule has 2 fully saturated rings. The van der Waals surface area contributed by atoms with Crippen LogP contribution in [0.1, 0.15) is 73.6 Å². The lowest BCUT2D eigenvalue weighted by Crippen LogP contribution is -2.62. The summed E-state index contributed by atoms with van der Waals surface area (Å²) < 4.78 is 27.7. The third kappa shape index (κ3) is 10.8. The van der Waals surface area contributed by atoms with Gasteiger partial charge in [-0.1, -0.05) is 54.0 Å². The predicted molar refractivity (Wildman–Crippen MR) is 188 cm³/mol. The van der Waals surface area contributed by atoms with Crippen LogP contribution in [0.15, 0.2) is 12.7 Å². The summed E-state index contributed by atoms with van der Waals surface area (Å²) in [7, 11) is 0.533. The molecule has 1 saturated heterocycles. The Kier molecular flexibility index (Phi) is 14.4. The van der Waals surface area contributed by atoms with Crippen molar-refractivity contribution in [2.75, 3.05) is 40.8 Å². The molecule has 14 nitrogen and oxygen atoms in total. The van der Waals surface area contributed by atoms with Gasteiger partial charge in [0.2, 0.25) is 17.6 Å². The van der Waals surface area contributed by atoms with Crippen molar-refractivity contribution in [2.45, 2.75) is 97.8 Å². The Hall–Kier alpha value is -3.48. The maximum absolute atomic E-state index is 14.4. The molecule has 0 aromatic carbocycles. The molecule has 4 N–H and O–H groups in total. The van der Waals surface area contributed by atoms with Crippen molar-refractivity contribution >= 4 is 39.7 Å². The fraction of sp³-hybridized carbons (Fsp3) is 0.735. The molecule has 1 unspecified atom stereocenters. The van der Waals surface area contributed by atoms with Gasteiger partial charge in [0.15, 0.2) is 0 Å². The number of urea groups is 1. The lowest BCUT2D eigenvalue weighted by atomic mass is 9.85. The monoisotopic (exact) mass is 707 g/mol. The molecule has 1 aliphatic carbocycles. The quantitative estimate of drug-likeness (QED) is 0.112. The molecule has 15 heteroatoms. The number of likely N-dealkylation sites (N-methyl/N-ethyl adjacent to an activating group) is 1. The number of Topliss-reactive ketones (excluding diaryl/α,β-unsaturated/α-hetero) is 1. The average molecular weight is 708 g/mol. The number of hydrogen-bond donors (Lipinski definition) is 4. The molecule has 6 atom stereocenters. The third-order valence-electron chi connectivity index (χ3n) is 9.32. The lowest BCUT2D eigenvalue weighted by molar-refractivity contribution is -0.144. The Morgan fingerprint density at radius 1 is 1.00 bits per heavy atom. The molecule has 5 amide bonds.